The fourth-order valence-electron chi connectivity index (χ4n) is 2.19. The van der Waals surface area contributed by atoms with Crippen LogP contribution in [0, 0.1) is 5.82 Å². The van der Waals surface area contributed by atoms with Crippen LogP contribution in [-0.4, -0.2) is 18.8 Å². The summed E-state index contributed by atoms with van der Waals surface area (Å²) >= 11 is 3.15. The van der Waals surface area contributed by atoms with Crippen LogP contribution in [0.3, 0.4) is 0 Å². The van der Waals surface area contributed by atoms with Crippen LogP contribution >= 0.6 is 15.9 Å². The molecule has 0 amide bonds. The van der Waals surface area contributed by atoms with Crippen LogP contribution in [0.15, 0.2) is 10.5 Å². The molecule has 0 bridgehead atoms. The number of ether oxygens (including phenoxy) is 1. The summed E-state index contributed by atoms with van der Waals surface area (Å²) < 4.78 is 19.3. The van der Waals surface area contributed by atoms with E-state index in [0.717, 1.165) is 31.4 Å². The molecule has 0 radical (unpaired) electrons. The van der Waals surface area contributed by atoms with Gasteiger partial charge < -0.3 is 15.2 Å². The maximum absolute atomic E-state index is 13.8. The molecule has 1 aliphatic heterocycles. The Labute approximate surface area is 108 Å². The Morgan fingerprint density at radius 3 is 2.88 bits per heavy atom. The van der Waals surface area contributed by atoms with Gasteiger partial charge in [0.05, 0.1) is 11.6 Å². The number of piperidine rings is 1. The second-order valence-corrected chi connectivity index (χ2v) is 5.00. The molecule has 0 aliphatic carbocycles. The van der Waals surface area contributed by atoms with Gasteiger partial charge in [0.25, 0.3) is 0 Å². The predicted molar refractivity (Wildman–Crippen MR) is 66.9 cm³/mol. The molecule has 1 fully saturated rings. The summed E-state index contributed by atoms with van der Waals surface area (Å²) in [6.07, 6.45) is 3.20. The molecule has 3 nitrogen and oxygen atoms in total. The lowest BCUT2D eigenvalue weighted by Gasteiger charge is -2.26. The summed E-state index contributed by atoms with van der Waals surface area (Å²) in [6.45, 7) is 0.925. The monoisotopic (exact) mass is 303 g/mol. The molecule has 1 aromatic rings. The van der Waals surface area contributed by atoms with E-state index in [4.69, 9.17) is 4.74 Å². The highest BCUT2D eigenvalue weighted by atomic mass is 79.9. The van der Waals surface area contributed by atoms with E-state index in [1.807, 2.05) is 0 Å². The Hall–Kier alpha value is -0.810. The van der Waals surface area contributed by atoms with Crippen molar-refractivity contribution in [3.05, 3.63) is 21.9 Å². The van der Waals surface area contributed by atoms with Gasteiger partial charge in [0, 0.05) is 11.6 Å². The number of aromatic hydroxyl groups is 1. The van der Waals surface area contributed by atoms with Crippen molar-refractivity contribution < 1.29 is 14.2 Å². The number of rotatable bonds is 2. The molecule has 1 aromatic carbocycles. The molecular formula is C12H15BrFNO2. The van der Waals surface area contributed by atoms with Crippen LogP contribution in [0.2, 0.25) is 0 Å². The minimum absolute atomic E-state index is 0.0881. The molecule has 1 unspecified atom stereocenters. The van der Waals surface area contributed by atoms with Crippen LogP contribution in [-0.2, 0) is 0 Å². The smallest absolute Gasteiger partial charge is 0.208 e. The normalized spacial score (nSPS) is 20.3. The fraction of sp³-hybridized carbons (Fsp3) is 0.500. The van der Waals surface area contributed by atoms with Gasteiger partial charge >= 0.3 is 0 Å². The maximum atomic E-state index is 13.8. The first-order chi connectivity index (χ1) is 8.15. The minimum Gasteiger partial charge on any atom is -0.504 e. The molecule has 1 atom stereocenters. The van der Waals surface area contributed by atoms with Gasteiger partial charge in [0.2, 0.25) is 5.82 Å². The number of phenols is 1. The summed E-state index contributed by atoms with van der Waals surface area (Å²) in [4.78, 5) is 0. The molecule has 1 heterocycles. The summed E-state index contributed by atoms with van der Waals surface area (Å²) in [5.74, 6) is -0.976. The van der Waals surface area contributed by atoms with E-state index in [0.29, 0.717) is 4.47 Å². The Bertz CT molecular complexity index is 419. The molecule has 0 saturated carbocycles. The van der Waals surface area contributed by atoms with Crippen LogP contribution in [0.1, 0.15) is 30.9 Å². The quantitative estimate of drug-likeness (QED) is 0.882. The molecule has 1 saturated heterocycles. The lowest BCUT2D eigenvalue weighted by Crippen LogP contribution is -2.27. The van der Waals surface area contributed by atoms with Gasteiger partial charge in [-0.25, -0.2) is 0 Å². The molecule has 5 heteroatoms. The summed E-state index contributed by atoms with van der Waals surface area (Å²) in [5.41, 5.74) is 0.759. The van der Waals surface area contributed by atoms with Gasteiger partial charge in [-0.05, 0) is 41.4 Å². The van der Waals surface area contributed by atoms with Crippen LogP contribution in [0.4, 0.5) is 4.39 Å². The van der Waals surface area contributed by atoms with Gasteiger partial charge in [0.1, 0.15) is 0 Å². The van der Waals surface area contributed by atoms with E-state index in [1.54, 1.807) is 6.07 Å². The minimum atomic E-state index is -0.704. The maximum Gasteiger partial charge on any atom is 0.208 e. The molecule has 17 heavy (non-hydrogen) atoms. The van der Waals surface area contributed by atoms with Gasteiger partial charge in [-0.2, -0.15) is 4.39 Å². The van der Waals surface area contributed by atoms with Gasteiger partial charge in [-0.15, -0.1) is 0 Å². The molecule has 2 rings (SSSR count). The van der Waals surface area contributed by atoms with E-state index in [2.05, 4.69) is 21.2 Å². The highest BCUT2D eigenvalue weighted by Gasteiger charge is 2.24. The zero-order chi connectivity index (χ0) is 12.4. The number of halogens is 2. The first-order valence-electron chi connectivity index (χ1n) is 5.63. The van der Waals surface area contributed by atoms with Crippen molar-refractivity contribution in [3.63, 3.8) is 0 Å². The van der Waals surface area contributed by atoms with E-state index in [9.17, 15) is 9.50 Å². The average Bonchev–Trinajstić information content (AvgIpc) is 2.36. The SMILES string of the molecule is COc1c(C2CCCCN2)cc(Br)c(O)c1F. The third kappa shape index (κ3) is 2.40. The van der Waals surface area contributed by atoms with Gasteiger partial charge in [-0.1, -0.05) is 6.42 Å². The molecule has 0 aromatic heterocycles. The Kier molecular flexibility index (Phi) is 3.89. The Morgan fingerprint density at radius 1 is 1.53 bits per heavy atom. The van der Waals surface area contributed by atoms with Crippen molar-refractivity contribution in [2.75, 3.05) is 13.7 Å². The lowest BCUT2D eigenvalue weighted by atomic mass is 9.96. The first-order valence-corrected chi connectivity index (χ1v) is 6.42. The van der Waals surface area contributed by atoms with Crippen molar-refractivity contribution in [2.24, 2.45) is 0 Å². The third-order valence-corrected chi connectivity index (χ3v) is 3.67. The number of nitrogens with one attached hydrogen (secondary N) is 1. The van der Waals surface area contributed by atoms with E-state index in [1.165, 1.54) is 7.11 Å². The zero-order valence-corrected chi connectivity index (χ0v) is 11.2. The predicted octanol–water partition coefficient (Wildman–Crippen LogP) is 3.12. The summed E-state index contributed by atoms with van der Waals surface area (Å²) in [6, 6.07) is 1.81. The third-order valence-electron chi connectivity index (χ3n) is 3.07. The van der Waals surface area contributed by atoms with E-state index < -0.39 is 11.6 Å². The van der Waals surface area contributed by atoms with Crippen molar-refractivity contribution in [3.8, 4) is 11.5 Å². The fourth-order valence-corrected chi connectivity index (χ4v) is 2.61. The second kappa shape index (κ2) is 5.23. The number of hydrogen-bond acceptors (Lipinski definition) is 3. The molecule has 1 aliphatic rings. The van der Waals surface area contributed by atoms with E-state index >= 15 is 0 Å². The van der Waals surface area contributed by atoms with Crippen LogP contribution < -0.4 is 10.1 Å². The van der Waals surface area contributed by atoms with Gasteiger partial charge in [-0.3, -0.25) is 0 Å². The van der Waals surface area contributed by atoms with Crippen molar-refractivity contribution >= 4 is 15.9 Å². The summed E-state index contributed by atoms with van der Waals surface area (Å²) in [5, 5.41) is 12.9. The molecule has 2 N–H and O–H groups in total. The highest BCUT2D eigenvalue weighted by molar-refractivity contribution is 9.10. The zero-order valence-electron chi connectivity index (χ0n) is 9.59. The molecule has 94 valence electrons. The highest BCUT2D eigenvalue weighted by Crippen LogP contribution is 2.40. The number of methoxy groups -OCH3 is 1. The van der Waals surface area contributed by atoms with Gasteiger partial charge in [0.15, 0.2) is 11.5 Å². The molecule has 0 spiro atoms. The largest absolute Gasteiger partial charge is 0.504 e. The first kappa shape index (κ1) is 12.6. The Morgan fingerprint density at radius 2 is 2.29 bits per heavy atom. The average molecular weight is 304 g/mol. The number of hydrogen-bond donors (Lipinski definition) is 2. The second-order valence-electron chi connectivity index (χ2n) is 4.15. The Balaban J connectivity index is 2.44. The van der Waals surface area contributed by atoms with Crippen LogP contribution in [0.5, 0.6) is 11.5 Å². The van der Waals surface area contributed by atoms with Crippen molar-refractivity contribution in [2.45, 2.75) is 25.3 Å². The number of benzene rings is 1. The standard InChI is InChI=1S/C12H15BrFNO2/c1-17-12-7(9-4-2-3-5-15-9)6-8(13)11(16)10(12)14/h6,9,15-16H,2-5H2,1H3. The van der Waals surface area contributed by atoms with Crippen molar-refractivity contribution in [1.29, 1.82) is 0 Å². The van der Waals surface area contributed by atoms with Crippen molar-refractivity contribution in [1.82, 2.24) is 5.32 Å². The van der Waals surface area contributed by atoms with E-state index in [-0.39, 0.29) is 11.8 Å². The molecular weight excluding hydrogens is 289 g/mol. The topological polar surface area (TPSA) is 41.5 Å². The number of phenolic OH excluding ortho intramolecular Hbond substituents is 1. The lowest BCUT2D eigenvalue weighted by molar-refractivity contribution is 0.341. The van der Waals surface area contributed by atoms with Crippen LogP contribution in [0.25, 0.3) is 0 Å². The summed E-state index contributed by atoms with van der Waals surface area (Å²) in [7, 11) is 1.41.